The van der Waals surface area contributed by atoms with Crippen molar-refractivity contribution < 1.29 is 0 Å². The minimum absolute atomic E-state index is 0.824. The summed E-state index contributed by atoms with van der Waals surface area (Å²) in [6.07, 6.45) is 7.69. The Hall–Kier alpha value is -0.260. The molecule has 0 bridgehead atoms. The SMILES string of the molecule is C=CC(CCCC)C1CC1C. The molecule has 3 unspecified atom stereocenters. The second-order valence-corrected chi connectivity index (χ2v) is 3.92. The quantitative estimate of drug-likeness (QED) is 0.528. The zero-order chi connectivity index (χ0) is 8.27. The third kappa shape index (κ3) is 2.36. The van der Waals surface area contributed by atoms with Crippen molar-refractivity contribution in [2.75, 3.05) is 0 Å². The first-order valence-corrected chi connectivity index (χ1v) is 4.92. The highest BCUT2D eigenvalue weighted by atomic mass is 14.4. The van der Waals surface area contributed by atoms with Crippen LogP contribution in [0.5, 0.6) is 0 Å². The van der Waals surface area contributed by atoms with Crippen molar-refractivity contribution in [1.29, 1.82) is 0 Å². The van der Waals surface area contributed by atoms with Crippen molar-refractivity contribution in [3.8, 4) is 0 Å². The van der Waals surface area contributed by atoms with Crippen LogP contribution in [0.2, 0.25) is 0 Å². The zero-order valence-corrected chi connectivity index (χ0v) is 7.84. The lowest BCUT2D eigenvalue weighted by Crippen LogP contribution is -1.99. The largest absolute Gasteiger partial charge is 0.103 e. The van der Waals surface area contributed by atoms with E-state index in [1.54, 1.807) is 0 Å². The van der Waals surface area contributed by atoms with Crippen LogP contribution < -0.4 is 0 Å². The molecule has 1 rings (SSSR count). The van der Waals surface area contributed by atoms with Crippen LogP contribution in [0, 0.1) is 17.8 Å². The number of hydrogen-bond acceptors (Lipinski definition) is 0. The molecule has 3 atom stereocenters. The maximum atomic E-state index is 3.91. The Kier molecular flexibility index (Phi) is 3.16. The standard InChI is InChI=1S/C11H20/c1-4-6-7-10(5-2)11-8-9(11)3/h5,9-11H,2,4,6-8H2,1,3H3. The molecule has 0 aromatic heterocycles. The van der Waals surface area contributed by atoms with Gasteiger partial charge in [-0.05, 0) is 30.6 Å². The van der Waals surface area contributed by atoms with Gasteiger partial charge in [0.25, 0.3) is 0 Å². The Morgan fingerprint density at radius 2 is 2.27 bits per heavy atom. The molecule has 64 valence electrons. The highest BCUT2D eigenvalue weighted by Gasteiger charge is 2.37. The maximum Gasteiger partial charge on any atom is -0.0205 e. The summed E-state index contributed by atoms with van der Waals surface area (Å²) in [6, 6.07) is 0. The Labute approximate surface area is 70.7 Å². The van der Waals surface area contributed by atoms with Crippen LogP contribution >= 0.6 is 0 Å². The summed E-state index contributed by atoms with van der Waals surface area (Å²) in [6.45, 7) is 8.52. The van der Waals surface area contributed by atoms with Crippen LogP contribution in [0.3, 0.4) is 0 Å². The Bertz CT molecular complexity index is 126. The Morgan fingerprint density at radius 3 is 2.64 bits per heavy atom. The van der Waals surface area contributed by atoms with Gasteiger partial charge in [0.05, 0.1) is 0 Å². The predicted molar refractivity (Wildman–Crippen MR) is 50.5 cm³/mol. The monoisotopic (exact) mass is 152 g/mol. The lowest BCUT2D eigenvalue weighted by Gasteiger charge is -2.09. The van der Waals surface area contributed by atoms with Gasteiger partial charge in [-0.2, -0.15) is 0 Å². The summed E-state index contributed by atoms with van der Waals surface area (Å²) in [7, 11) is 0. The summed E-state index contributed by atoms with van der Waals surface area (Å²) in [5.41, 5.74) is 0. The average molecular weight is 152 g/mol. The van der Waals surface area contributed by atoms with Crippen molar-refractivity contribution in [2.24, 2.45) is 17.8 Å². The molecule has 0 aromatic rings. The molecule has 1 aliphatic carbocycles. The molecule has 0 heteroatoms. The van der Waals surface area contributed by atoms with E-state index in [0.717, 1.165) is 17.8 Å². The van der Waals surface area contributed by atoms with Gasteiger partial charge in [0.1, 0.15) is 0 Å². The van der Waals surface area contributed by atoms with Crippen molar-refractivity contribution in [3.05, 3.63) is 12.7 Å². The molecule has 0 spiro atoms. The summed E-state index contributed by atoms with van der Waals surface area (Å²) < 4.78 is 0. The van der Waals surface area contributed by atoms with E-state index >= 15 is 0 Å². The first kappa shape index (κ1) is 8.83. The van der Waals surface area contributed by atoms with Gasteiger partial charge in [-0.1, -0.05) is 32.8 Å². The van der Waals surface area contributed by atoms with Gasteiger partial charge in [0.15, 0.2) is 0 Å². The van der Waals surface area contributed by atoms with Gasteiger partial charge in [0.2, 0.25) is 0 Å². The minimum atomic E-state index is 0.824. The molecular formula is C11H20. The van der Waals surface area contributed by atoms with Crippen LogP contribution in [-0.4, -0.2) is 0 Å². The van der Waals surface area contributed by atoms with E-state index in [4.69, 9.17) is 0 Å². The second kappa shape index (κ2) is 3.94. The fourth-order valence-corrected chi connectivity index (χ4v) is 1.89. The fraction of sp³-hybridized carbons (Fsp3) is 0.818. The summed E-state index contributed by atoms with van der Waals surface area (Å²) in [4.78, 5) is 0. The molecule has 1 saturated carbocycles. The van der Waals surface area contributed by atoms with Crippen LogP contribution in [-0.2, 0) is 0 Å². The summed E-state index contributed by atoms with van der Waals surface area (Å²) in [5, 5.41) is 0. The van der Waals surface area contributed by atoms with E-state index < -0.39 is 0 Å². The molecular weight excluding hydrogens is 132 g/mol. The number of rotatable bonds is 5. The van der Waals surface area contributed by atoms with E-state index in [-0.39, 0.29) is 0 Å². The van der Waals surface area contributed by atoms with Gasteiger partial charge in [0, 0.05) is 0 Å². The molecule has 0 aliphatic heterocycles. The average Bonchev–Trinajstić information content (AvgIpc) is 2.69. The Morgan fingerprint density at radius 1 is 1.64 bits per heavy atom. The highest BCUT2D eigenvalue weighted by Crippen LogP contribution is 2.45. The van der Waals surface area contributed by atoms with Gasteiger partial charge in [-0.15, -0.1) is 6.58 Å². The molecule has 0 N–H and O–H groups in total. The Balaban J connectivity index is 2.20. The van der Waals surface area contributed by atoms with Gasteiger partial charge >= 0.3 is 0 Å². The number of unbranched alkanes of at least 4 members (excludes halogenated alkanes) is 1. The van der Waals surface area contributed by atoms with E-state index in [1.807, 2.05) is 0 Å². The van der Waals surface area contributed by atoms with Crippen LogP contribution in [0.1, 0.15) is 39.5 Å². The minimum Gasteiger partial charge on any atom is -0.103 e. The van der Waals surface area contributed by atoms with E-state index in [0.29, 0.717) is 0 Å². The van der Waals surface area contributed by atoms with Gasteiger partial charge in [-0.3, -0.25) is 0 Å². The van der Waals surface area contributed by atoms with Crippen LogP contribution in [0.4, 0.5) is 0 Å². The van der Waals surface area contributed by atoms with E-state index in [9.17, 15) is 0 Å². The van der Waals surface area contributed by atoms with Crippen LogP contribution in [0.25, 0.3) is 0 Å². The summed E-state index contributed by atoms with van der Waals surface area (Å²) in [5.74, 6) is 2.79. The third-order valence-electron chi connectivity index (χ3n) is 2.92. The molecule has 0 nitrogen and oxygen atoms in total. The molecule has 11 heavy (non-hydrogen) atoms. The van der Waals surface area contributed by atoms with Crippen molar-refractivity contribution in [1.82, 2.24) is 0 Å². The lowest BCUT2D eigenvalue weighted by molar-refractivity contribution is 0.479. The molecule has 1 fully saturated rings. The fourth-order valence-electron chi connectivity index (χ4n) is 1.89. The van der Waals surface area contributed by atoms with Crippen molar-refractivity contribution in [2.45, 2.75) is 39.5 Å². The topological polar surface area (TPSA) is 0 Å². The van der Waals surface area contributed by atoms with Gasteiger partial charge in [-0.25, -0.2) is 0 Å². The van der Waals surface area contributed by atoms with Crippen molar-refractivity contribution >= 4 is 0 Å². The van der Waals surface area contributed by atoms with Crippen LogP contribution in [0.15, 0.2) is 12.7 Å². The van der Waals surface area contributed by atoms with E-state index in [1.165, 1.54) is 25.7 Å². The normalized spacial score (nSPS) is 31.5. The number of hydrogen-bond donors (Lipinski definition) is 0. The predicted octanol–water partition coefficient (Wildman–Crippen LogP) is 3.63. The smallest absolute Gasteiger partial charge is 0.0205 e. The summed E-state index contributed by atoms with van der Waals surface area (Å²) >= 11 is 0. The van der Waals surface area contributed by atoms with Gasteiger partial charge < -0.3 is 0 Å². The molecule has 0 aromatic carbocycles. The molecule has 1 aliphatic rings. The highest BCUT2D eigenvalue weighted by molar-refractivity contribution is 4.95. The molecule has 0 heterocycles. The zero-order valence-electron chi connectivity index (χ0n) is 7.84. The molecule has 0 radical (unpaired) electrons. The van der Waals surface area contributed by atoms with Crippen molar-refractivity contribution in [3.63, 3.8) is 0 Å². The lowest BCUT2D eigenvalue weighted by atomic mass is 9.96. The first-order valence-electron chi connectivity index (χ1n) is 4.92. The second-order valence-electron chi connectivity index (χ2n) is 3.92. The maximum absolute atomic E-state index is 3.91. The molecule has 0 amide bonds. The first-order chi connectivity index (χ1) is 5.29. The molecule has 0 saturated heterocycles. The van der Waals surface area contributed by atoms with E-state index in [2.05, 4.69) is 26.5 Å². The number of allylic oxidation sites excluding steroid dienone is 1. The third-order valence-corrected chi connectivity index (χ3v) is 2.92.